The van der Waals surface area contributed by atoms with Crippen LogP contribution in [0.5, 0.6) is 0 Å². The molecular formula is C11H17N3O. The van der Waals surface area contributed by atoms with Crippen LogP contribution in [0.15, 0.2) is 23.0 Å². The zero-order valence-electron chi connectivity index (χ0n) is 8.80. The Morgan fingerprint density at radius 3 is 2.67 bits per heavy atom. The van der Waals surface area contributed by atoms with Crippen LogP contribution in [0, 0.1) is 0 Å². The average molecular weight is 207 g/mol. The van der Waals surface area contributed by atoms with E-state index in [-0.39, 0.29) is 6.04 Å². The molecule has 1 aromatic rings. The van der Waals surface area contributed by atoms with Crippen LogP contribution in [0.3, 0.4) is 0 Å². The van der Waals surface area contributed by atoms with Gasteiger partial charge in [0.25, 0.3) is 0 Å². The number of hydrogen-bond donors (Lipinski definition) is 1. The van der Waals surface area contributed by atoms with Crippen molar-refractivity contribution >= 4 is 0 Å². The smallest absolute Gasteiger partial charge is 0.0950 e. The van der Waals surface area contributed by atoms with Crippen molar-refractivity contribution in [1.29, 1.82) is 0 Å². The van der Waals surface area contributed by atoms with Crippen molar-refractivity contribution in [3.63, 3.8) is 0 Å². The molecule has 2 unspecified atom stereocenters. The predicted octanol–water partition coefficient (Wildman–Crippen LogP) is 0.279. The van der Waals surface area contributed by atoms with E-state index in [2.05, 4.69) is 9.80 Å². The van der Waals surface area contributed by atoms with Gasteiger partial charge in [-0.05, 0) is 6.07 Å². The second-order valence-electron chi connectivity index (χ2n) is 4.49. The first kappa shape index (κ1) is 9.39. The van der Waals surface area contributed by atoms with Crippen LogP contribution in [0.1, 0.15) is 11.6 Å². The van der Waals surface area contributed by atoms with E-state index < -0.39 is 0 Å². The fraction of sp³-hybridized carbons (Fsp3) is 0.636. The van der Waals surface area contributed by atoms with Gasteiger partial charge in [0.1, 0.15) is 0 Å². The van der Waals surface area contributed by atoms with E-state index in [0.29, 0.717) is 6.04 Å². The molecule has 3 saturated heterocycles. The molecule has 2 N–H and O–H groups in total. The molecule has 0 aromatic carbocycles. The maximum absolute atomic E-state index is 6.27. The standard InChI is InChI=1S/C11H17N3O/c12-11(9-1-6-15-8-9)10-7-13-2-4-14(10)5-3-13/h1,6,8,10-11H,2-5,7,12H2. The summed E-state index contributed by atoms with van der Waals surface area (Å²) in [6.07, 6.45) is 3.47. The van der Waals surface area contributed by atoms with Crippen LogP contribution in [-0.2, 0) is 0 Å². The lowest BCUT2D eigenvalue weighted by molar-refractivity contribution is 0.00208. The van der Waals surface area contributed by atoms with E-state index in [1.165, 1.54) is 13.1 Å². The Balaban J connectivity index is 1.77. The van der Waals surface area contributed by atoms with Crippen molar-refractivity contribution in [1.82, 2.24) is 9.80 Å². The molecule has 4 heterocycles. The second kappa shape index (κ2) is 3.63. The maximum atomic E-state index is 6.27. The summed E-state index contributed by atoms with van der Waals surface area (Å²) < 4.78 is 5.09. The van der Waals surface area contributed by atoms with Crippen molar-refractivity contribution < 1.29 is 4.42 Å². The highest BCUT2D eigenvalue weighted by molar-refractivity contribution is 5.15. The van der Waals surface area contributed by atoms with Gasteiger partial charge >= 0.3 is 0 Å². The lowest BCUT2D eigenvalue weighted by atomic mass is 9.97. The fourth-order valence-electron chi connectivity index (χ4n) is 2.69. The summed E-state index contributed by atoms with van der Waals surface area (Å²) in [6, 6.07) is 2.53. The Bertz CT molecular complexity index is 317. The molecule has 0 aliphatic carbocycles. The van der Waals surface area contributed by atoms with E-state index in [0.717, 1.165) is 25.2 Å². The van der Waals surface area contributed by atoms with E-state index >= 15 is 0 Å². The number of nitrogens with zero attached hydrogens (tertiary/aromatic N) is 2. The summed E-state index contributed by atoms with van der Waals surface area (Å²) in [6.45, 7) is 5.84. The number of hydrogen-bond acceptors (Lipinski definition) is 4. The van der Waals surface area contributed by atoms with Crippen LogP contribution in [0.25, 0.3) is 0 Å². The van der Waals surface area contributed by atoms with Gasteiger partial charge in [-0.3, -0.25) is 9.80 Å². The molecule has 2 atom stereocenters. The second-order valence-corrected chi connectivity index (χ2v) is 4.49. The highest BCUT2D eigenvalue weighted by Gasteiger charge is 2.35. The topological polar surface area (TPSA) is 45.6 Å². The van der Waals surface area contributed by atoms with Gasteiger partial charge in [0.15, 0.2) is 0 Å². The lowest BCUT2D eigenvalue weighted by Crippen LogP contribution is -2.63. The third-order valence-corrected chi connectivity index (χ3v) is 3.66. The molecule has 0 saturated carbocycles. The number of piperazine rings is 3. The van der Waals surface area contributed by atoms with Crippen LogP contribution in [0.4, 0.5) is 0 Å². The number of fused-ring (bicyclic) bond motifs is 3. The Kier molecular flexibility index (Phi) is 2.27. The molecule has 4 nitrogen and oxygen atoms in total. The summed E-state index contributed by atoms with van der Waals surface area (Å²) in [7, 11) is 0. The first-order valence-corrected chi connectivity index (χ1v) is 5.59. The molecule has 3 fully saturated rings. The Hall–Kier alpha value is -0.840. The Morgan fingerprint density at radius 2 is 2.13 bits per heavy atom. The summed E-state index contributed by atoms with van der Waals surface area (Å²) >= 11 is 0. The van der Waals surface area contributed by atoms with Gasteiger partial charge in [0, 0.05) is 50.4 Å². The largest absolute Gasteiger partial charge is 0.472 e. The van der Waals surface area contributed by atoms with Gasteiger partial charge in [-0.25, -0.2) is 0 Å². The minimum absolute atomic E-state index is 0.0897. The van der Waals surface area contributed by atoms with Crippen molar-refractivity contribution in [2.45, 2.75) is 12.1 Å². The Morgan fingerprint density at radius 1 is 1.33 bits per heavy atom. The van der Waals surface area contributed by atoms with Crippen molar-refractivity contribution in [3.8, 4) is 0 Å². The molecule has 0 amide bonds. The third kappa shape index (κ3) is 1.58. The molecule has 4 heteroatoms. The maximum Gasteiger partial charge on any atom is 0.0950 e. The molecule has 0 spiro atoms. The zero-order chi connectivity index (χ0) is 10.3. The molecular weight excluding hydrogens is 190 g/mol. The van der Waals surface area contributed by atoms with E-state index in [1.54, 1.807) is 12.5 Å². The molecule has 15 heavy (non-hydrogen) atoms. The van der Waals surface area contributed by atoms with Crippen molar-refractivity contribution in [2.24, 2.45) is 5.73 Å². The SMILES string of the molecule is NC(c1ccoc1)C1CN2CCN1CC2. The van der Waals surface area contributed by atoms with Crippen molar-refractivity contribution in [2.75, 3.05) is 32.7 Å². The lowest BCUT2D eigenvalue weighted by Gasteiger charge is -2.49. The van der Waals surface area contributed by atoms with Crippen molar-refractivity contribution in [3.05, 3.63) is 24.2 Å². The number of furan rings is 1. The van der Waals surface area contributed by atoms with Gasteiger partial charge in [0.05, 0.1) is 12.5 Å². The molecule has 82 valence electrons. The van der Waals surface area contributed by atoms with E-state index in [1.807, 2.05) is 6.07 Å². The van der Waals surface area contributed by atoms with Crippen LogP contribution < -0.4 is 5.73 Å². The summed E-state index contributed by atoms with van der Waals surface area (Å²) in [4.78, 5) is 5.02. The summed E-state index contributed by atoms with van der Waals surface area (Å²) in [5.41, 5.74) is 7.39. The quantitative estimate of drug-likeness (QED) is 0.756. The Labute approximate surface area is 89.6 Å². The fourth-order valence-corrected chi connectivity index (χ4v) is 2.69. The van der Waals surface area contributed by atoms with Gasteiger partial charge in [-0.2, -0.15) is 0 Å². The summed E-state index contributed by atoms with van der Waals surface area (Å²) in [5.74, 6) is 0. The highest BCUT2D eigenvalue weighted by Crippen LogP contribution is 2.25. The molecule has 1 aromatic heterocycles. The molecule has 2 bridgehead atoms. The monoisotopic (exact) mass is 207 g/mol. The molecule has 0 radical (unpaired) electrons. The predicted molar refractivity (Wildman–Crippen MR) is 57.4 cm³/mol. The number of nitrogens with two attached hydrogens (primary N) is 1. The number of rotatable bonds is 2. The van der Waals surface area contributed by atoms with Gasteiger partial charge in [-0.1, -0.05) is 0 Å². The van der Waals surface area contributed by atoms with Crippen LogP contribution in [-0.4, -0.2) is 48.6 Å². The summed E-state index contributed by atoms with van der Waals surface area (Å²) in [5, 5.41) is 0. The molecule has 3 aliphatic rings. The van der Waals surface area contributed by atoms with Crippen LogP contribution in [0.2, 0.25) is 0 Å². The van der Waals surface area contributed by atoms with E-state index in [4.69, 9.17) is 10.2 Å². The normalized spacial score (nSPS) is 36.7. The first-order chi connectivity index (χ1) is 7.34. The minimum Gasteiger partial charge on any atom is -0.472 e. The van der Waals surface area contributed by atoms with Gasteiger partial charge in [-0.15, -0.1) is 0 Å². The first-order valence-electron chi connectivity index (χ1n) is 5.59. The van der Waals surface area contributed by atoms with Crippen LogP contribution >= 0.6 is 0 Å². The minimum atomic E-state index is 0.0897. The average Bonchev–Trinajstić information content (AvgIpc) is 2.83. The zero-order valence-corrected chi connectivity index (χ0v) is 8.80. The molecule has 3 aliphatic heterocycles. The highest BCUT2D eigenvalue weighted by atomic mass is 16.3. The van der Waals surface area contributed by atoms with Gasteiger partial charge in [0.2, 0.25) is 0 Å². The third-order valence-electron chi connectivity index (χ3n) is 3.66. The van der Waals surface area contributed by atoms with Gasteiger partial charge < -0.3 is 10.2 Å². The molecule has 4 rings (SSSR count). The van der Waals surface area contributed by atoms with E-state index in [9.17, 15) is 0 Å².